The molecule has 1 fully saturated rings. The molecule has 1 aliphatic rings. The fraction of sp³-hybridized carbons (Fsp3) is 0.261. The first kappa shape index (κ1) is 24.2. The van der Waals surface area contributed by atoms with Crippen molar-refractivity contribution >= 4 is 33.0 Å². The number of aromatic nitrogens is 2. The average molecular weight is 500 g/mol. The number of hydrogen-bond donors (Lipinski definition) is 2. The van der Waals surface area contributed by atoms with Crippen LogP contribution in [0.5, 0.6) is 5.75 Å². The lowest BCUT2D eigenvalue weighted by Crippen LogP contribution is -2.37. The Balaban J connectivity index is 1.71. The van der Waals surface area contributed by atoms with Crippen LogP contribution in [-0.2, 0) is 21.8 Å². The molecule has 0 unspecified atom stereocenters. The van der Waals surface area contributed by atoms with Crippen LogP contribution in [0.1, 0.15) is 10.5 Å². The second-order valence-corrected chi connectivity index (χ2v) is 9.37. The van der Waals surface area contributed by atoms with Crippen LogP contribution in [-0.4, -0.2) is 57.5 Å². The highest BCUT2D eigenvalue weighted by atomic mass is 32.2. The molecule has 1 saturated heterocycles. The number of amides is 1. The highest BCUT2D eigenvalue weighted by molar-refractivity contribution is 7.93. The van der Waals surface area contributed by atoms with Crippen molar-refractivity contribution < 1.29 is 22.7 Å². The third-order valence-corrected chi connectivity index (χ3v) is 6.80. The Hall–Kier alpha value is -3.90. The summed E-state index contributed by atoms with van der Waals surface area (Å²) in [6.45, 7) is 1.97. The minimum absolute atomic E-state index is 0.0147. The summed E-state index contributed by atoms with van der Waals surface area (Å²) in [7, 11) is -1.20. The predicted molar refractivity (Wildman–Crippen MR) is 131 cm³/mol. The number of ether oxygens (including phenoxy) is 2. The maximum Gasteiger partial charge on any atom is 0.276 e. The number of sulfonamides is 1. The van der Waals surface area contributed by atoms with E-state index in [1.807, 2.05) is 4.90 Å². The van der Waals surface area contributed by atoms with Crippen LogP contribution < -0.4 is 25.2 Å². The Bertz CT molecular complexity index is 1400. The van der Waals surface area contributed by atoms with Gasteiger partial charge in [0.25, 0.3) is 21.5 Å². The van der Waals surface area contributed by atoms with E-state index in [2.05, 4.69) is 15.1 Å². The van der Waals surface area contributed by atoms with E-state index in [0.717, 1.165) is 4.68 Å². The van der Waals surface area contributed by atoms with Gasteiger partial charge in [0.2, 0.25) is 0 Å². The number of anilines is 3. The molecule has 184 valence electrons. The smallest absolute Gasteiger partial charge is 0.276 e. The van der Waals surface area contributed by atoms with Crippen molar-refractivity contribution in [2.75, 3.05) is 48.4 Å². The van der Waals surface area contributed by atoms with Gasteiger partial charge in [-0.2, -0.15) is 5.10 Å². The third-order valence-electron chi connectivity index (χ3n) is 5.40. The molecular weight excluding hydrogens is 474 g/mol. The first-order chi connectivity index (χ1) is 16.8. The second-order valence-electron chi connectivity index (χ2n) is 7.72. The molecule has 1 aromatic heterocycles. The van der Waals surface area contributed by atoms with Gasteiger partial charge >= 0.3 is 0 Å². The lowest BCUT2D eigenvalue weighted by Gasteiger charge is -2.30. The fourth-order valence-corrected chi connectivity index (χ4v) is 4.94. The first-order valence-electron chi connectivity index (χ1n) is 10.8. The van der Waals surface area contributed by atoms with Gasteiger partial charge in [0.15, 0.2) is 0 Å². The number of benzene rings is 2. The molecule has 1 amide bonds. The van der Waals surface area contributed by atoms with Crippen LogP contribution >= 0.6 is 0 Å². The quantitative estimate of drug-likeness (QED) is 0.502. The Morgan fingerprint density at radius 2 is 1.83 bits per heavy atom. The summed E-state index contributed by atoms with van der Waals surface area (Å²) in [5, 5.41) is 6.59. The van der Waals surface area contributed by atoms with Crippen LogP contribution in [0, 0.1) is 0 Å². The van der Waals surface area contributed by atoms with E-state index in [0.29, 0.717) is 37.7 Å². The Morgan fingerprint density at radius 3 is 2.54 bits per heavy atom. The zero-order valence-electron chi connectivity index (χ0n) is 19.2. The zero-order valence-corrected chi connectivity index (χ0v) is 20.0. The molecule has 1 aliphatic heterocycles. The Labute approximate surface area is 202 Å². The van der Waals surface area contributed by atoms with Crippen LogP contribution in [0.25, 0.3) is 0 Å². The number of morpholine rings is 1. The minimum Gasteiger partial charge on any atom is -0.495 e. The monoisotopic (exact) mass is 499 g/mol. The van der Waals surface area contributed by atoms with Crippen molar-refractivity contribution in [1.82, 2.24) is 9.78 Å². The molecule has 35 heavy (non-hydrogen) atoms. The molecular formula is C23H25N5O6S. The zero-order chi connectivity index (χ0) is 25.0. The highest BCUT2D eigenvalue weighted by Crippen LogP contribution is 2.33. The van der Waals surface area contributed by atoms with Crippen LogP contribution in [0.4, 0.5) is 17.1 Å². The lowest BCUT2D eigenvalue weighted by molar-refractivity contribution is 0.102. The van der Waals surface area contributed by atoms with Gasteiger partial charge in [-0.3, -0.25) is 14.3 Å². The van der Waals surface area contributed by atoms with Crippen molar-refractivity contribution in [2.45, 2.75) is 4.90 Å². The van der Waals surface area contributed by atoms with Gasteiger partial charge in [0.1, 0.15) is 16.3 Å². The maximum absolute atomic E-state index is 13.5. The predicted octanol–water partition coefficient (Wildman–Crippen LogP) is 1.68. The number of aryl methyl sites for hydroxylation is 1. The van der Waals surface area contributed by atoms with E-state index in [4.69, 9.17) is 9.47 Å². The van der Waals surface area contributed by atoms with Gasteiger partial charge in [0.05, 0.1) is 31.7 Å². The number of nitrogens with zero attached hydrogens (tertiary/aromatic N) is 3. The standard InChI is InChI=1S/C23H25N5O6S/c1-27-22(29)10-8-18(25-27)23(30)24-16-7-9-19(28-11-13-34-14-12-28)21(15-16)35(31,32)26-17-5-3-4-6-20(17)33-2/h3-10,15,26H,11-14H2,1-2H3,(H,24,30). The van der Waals surface area contributed by atoms with Crippen molar-refractivity contribution in [3.8, 4) is 5.75 Å². The SMILES string of the molecule is COc1ccccc1NS(=O)(=O)c1cc(NC(=O)c2ccc(=O)n(C)n2)ccc1N1CCOCC1. The molecule has 2 aromatic carbocycles. The highest BCUT2D eigenvalue weighted by Gasteiger charge is 2.25. The summed E-state index contributed by atoms with van der Waals surface area (Å²) in [5.74, 6) is -0.213. The molecule has 12 heteroatoms. The van der Waals surface area contributed by atoms with E-state index < -0.39 is 15.9 Å². The number of nitrogens with one attached hydrogen (secondary N) is 2. The topological polar surface area (TPSA) is 132 Å². The van der Waals surface area contributed by atoms with Crippen molar-refractivity contribution in [1.29, 1.82) is 0 Å². The summed E-state index contributed by atoms with van der Waals surface area (Å²) in [4.78, 5) is 26.2. The van der Waals surface area contributed by atoms with E-state index in [1.165, 1.54) is 32.4 Å². The molecule has 0 radical (unpaired) electrons. The van der Waals surface area contributed by atoms with Crippen molar-refractivity contribution in [3.05, 3.63) is 70.6 Å². The number of hydrogen-bond acceptors (Lipinski definition) is 8. The maximum atomic E-state index is 13.5. The summed E-state index contributed by atoms with van der Waals surface area (Å²) in [5.41, 5.74) is 0.678. The summed E-state index contributed by atoms with van der Waals surface area (Å²) >= 11 is 0. The second kappa shape index (κ2) is 10.2. The summed E-state index contributed by atoms with van der Waals surface area (Å²) in [6, 6.07) is 13.9. The number of rotatable bonds is 7. The van der Waals surface area contributed by atoms with E-state index in [9.17, 15) is 18.0 Å². The number of para-hydroxylation sites is 2. The van der Waals surface area contributed by atoms with Gasteiger partial charge in [-0.25, -0.2) is 13.1 Å². The molecule has 2 N–H and O–H groups in total. The molecule has 0 saturated carbocycles. The molecule has 11 nitrogen and oxygen atoms in total. The molecule has 0 spiro atoms. The minimum atomic E-state index is -4.09. The fourth-order valence-electron chi connectivity index (χ4n) is 3.62. The van der Waals surface area contributed by atoms with Gasteiger partial charge in [0, 0.05) is 31.9 Å². The van der Waals surface area contributed by atoms with E-state index >= 15 is 0 Å². The summed E-state index contributed by atoms with van der Waals surface area (Å²) in [6.07, 6.45) is 0. The normalized spacial score (nSPS) is 13.8. The molecule has 0 aliphatic carbocycles. The number of methoxy groups -OCH3 is 1. The molecule has 3 aromatic rings. The van der Waals surface area contributed by atoms with E-state index in [-0.39, 0.29) is 27.5 Å². The van der Waals surface area contributed by atoms with Crippen molar-refractivity contribution in [2.24, 2.45) is 7.05 Å². The number of carbonyl (C=O) groups excluding carboxylic acids is 1. The molecule has 0 bridgehead atoms. The lowest BCUT2D eigenvalue weighted by atomic mass is 10.2. The van der Waals surface area contributed by atoms with E-state index in [1.54, 1.807) is 36.4 Å². The largest absolute Gasteiger partial charge is 0.495 e. The Kier molecular flexibility index (Phi) is 7.03. The van der Waals surface area contributed by atoms with Crippen LogP contribution in [0.3, 0.4) is 0 Å². The van der Waals surface area contributed by atoms with Crippen LogP contribution in [0.15, 0.2) is 64.3 Å². The summed E-state index contributed by atoms with van der Waals surface area (Å²) < 4.78 is 41.4. The molecule has 4 rings (SSSR count). The molecule has 2 heterocycles. The first-order valence-corrected chi connectivity index (χ1v) is 12.2. The van der Waals surface area contributed by atoms with Crippen LogP contribution in [0.2, 0.25) is 0 Å². The van der Waals surface area contributed by atoms with Crippen molar-refractivity contribution in [3.63, 3.8) is 0 Å². The third kappa shape index (κ3) is 5.44. The van der Waals surface area contributed by atoms with Gasteiger partial charge < -0.3 is 19.7 Å². The number of carbonyl (C=O) groups is 1. The average Bonchev–Trinajstić information content (AvgIpc) is 2.86. The van der Waals surface area contributed by atoms with Gasteiger partial charge in [-0.05, 0) is 36.4 Å². The van der Waals surface area contributed by atoms with Gasteiger partial charge in [-0.15, -0.1) is 0 Å². The molecule has 0 atom stereocenters. The Morgan fingerprint density at radius 1 is 1.09 bits per heavy atom. The van der Waals surface area contributed by atoms with Gasteiger partial charge in [-0.1, -0.05) is 12.1 Å².